The Morgan fingerprint density at radius 2 is 1.68 bits per heavy atom. The van der Waals surface area contributed by atoms with Gasteiger partial charge >= 0.3 is 0 Å². The van der Waals surface area contributed by atoms with Crippen LogP contribution in [0.15, 0.2) is 108 Å². The zero-order chi connectivity index (χ0) is 28.3. The molecular formula is C30H23Cl2N3O4S. The molecule has 0 aliphatic heterocycles. The minimum atomic E-state index is -4.05. The quantitative estimate of drug-likeness (QED) is 0.203. The lowest BCUT2D eigenvalue weighted by Gasteiger charge is -2.20. The monoisotopic (exact) mass is 591 g/mol. The summed E-state index contributed by atoms with van der Waals surface area (Å²) >= 11 is 12.3. The molecule has 40 heavy (non-hydrogen) atoms. The number of nitrogens with zero attached hydrogens (tertiary/aromatic N) is 2. The van der Waals surface area contributed by atoms with Crippen LogP contribution in [0.4, 0.5) is 5.69 Å². The number of anilines is 1. The third-order valence-corrected chi connectivity index (χ3v) is 8.05. The van der Waals surface area contributed by atoms with Gasteiger partial charge in [-0.25, -0.2) is 8.42 Å². The molecule has 1 aromatic heterocycles. The summed E-state index contributed by atoms with van der Waals surface area (Å²) in [5, 5.41) is 1.69. The maximum Gasteiger partial charge on any atom is 0.261 e. The fourth-order valence-corrected chi connectivity index (χ4v) is 5.58. The van der Waals surface area contributed by atoms with Gasteiger partial charge in [0, 0.05) is 30.2 Å². The summed E-state index contributed by atoms with van der Waals surface area (Å²) in [7, 11) is -2.41. The average Bonchev–Trinajstić information content (AvgIpc) is 2.95. The predicted octanol–water partition coefficient (Wildman–Crippen LogP) is 7.41. The summed E-state index contributed by atoms with van der Waals surface area (Å²) in [6.07, 6.45) is 1.70. The second-order valence-corrected chi connectivity index (χ2v) is 11.5. The molecular weight excluding hydrogens is 569 g/mol. The number of hydrogen-bond acceptors (Lipinski definition) is 5. The van der Waals surface area contributed by atoms with Gasteiger partial charge in [-0.15, -0.1) is 0 Å². The highest BCUT2D eigenvalue weighted by Crippen LogP contribution is 2.30. The minimum Gasteiger partial charge on any atom is -0.456 e. The van der Waals surface area contributed by atoms with Gasteiger partial charge in [0.25, 0.3) is 15.9 Å². The first kappa shape index (κ1) is 27.5. The summed E-state index contributed by atoms with van der Waals surface area (Å²) in [5.74, 6) is 0.459. The van der Waals surface area contributed by atoms with E-state index in [9.17, 15) is 13.2 Å². The van der Waals surface area contributed by atoms with E-state index in [0.717, 1.165) is 16.5 Å². The van der Waals surface area contributed by atoms with Crippen LogP contribution in [0.5, 0.6) is 11.5 Å². The lowest BCUT2D eigenvalue weighted by atomic mass is 10.1. The standard InChI is InChI=1S/C30H23Cl2N3O4S/c1-35(19-21-7-4-6-20-8-5-17-33-29(20)21)30(36)25-18-22(31)11-16-27(25)34-40(37,38)24-14-12-23(13-15-24)39-28-10-3-2-9-26(28)32/h2-18,34H,19H2,1H3. The van der Waals surface area contributed by atoms with Crippen LogP contribution in [-0.4, -0.2) is 31.3 Å². The van der Waals surface area contributed by atoms with Crippen LogP contribution in [0.1, 0.15) is 15.9 Å². The van der Waals surface area contributed by atoms with Crippen molar-refractivity contribution < 1.29 is 17.9 Å². The molecule has 0 bridgehead atoms. The Balaban J connectivity index is 1.36. The fourth-order valence-electron chi connectivity index (χ4n) is 4.16. The maximum absolute atomic E-state index is 13.5. The number of rotatable bonds is 8. The van der Waals surface area contributed by atoms with Gasteiger partial charge in [-0.3, -0.25) is 14.5 Å². The summed E-state index contributed by atoms with van der Waals surface area (Å²) in [5.41, 5.74) is 1.87. The third kappa shape index (κ3) is 6.04. The van der Waals surface area contributed by atoms with Crippen molar-refractivity contribution in [2.45, 2.75) is 11.4 Å². The smallest absolute Gasteiger partial charge is 0.261 e. The van der Waals surface area contributed by atoms with Crippen molar-refractivity contribution >= 4 is 55.7 Å². The first-order valence-corrected chi connectivity index (χ1v) is 14.4. The Hall–Kier alpha value is -4.11. The number of aromatic nitrogens is 1. The van der Waals surface area contributed by atoms with Gasteiger partial charge in [-0.1, -0.05) is 59.6 Å². The Kier molecular flexibility index (Phi) is 7.93. The Morgan fingerprint density at radius 3 is 2.45 bits per heavy atom. The van der Waals surface area contributed by atoms with E-state index in [1.165, 1.54) is 47.4 Å². The van der Waals surface area contributed by atoms with Crippen LogP contribution in [-0.2, 0) is 16.6 Å². The average molecular weight is 593 g/mol. The largest absolute Gasteiger partial charge is 0.456 e. The zero-order valence-corrected chi connectivity index (χ0v) is 23.5. The van der Waals surface area contributed by atoms with Crippen LogP contribution in [0.25, 0.3) is 10.9 Å². The normalized spacial score (nSPS) is 11.3. The number of halogens is 2. The molecule has 4 aromatic carbocycles. The van der Waals surface area contributed by atoms with Crippen molar-refractivity contribution in [2.24, 2.45) is 0 Å². The SMILES string of the molecule is CN(Cc1cccc2cccnc12)C(=O)c1cc(Cl)ccc1NS(=O)(=O)c1ccc(Oc2ccccc2Cl)cc1. The summed E-state index contributed by atoms with van der Waals surface area (Å²) in [4.78, 5) is 19.4. The highest BCUT2D eigenvalue weighted by Gasteiger charge is 2.22. The number of amides is 1. The molecule has 0 fully saturated rings. The molecule has 0 atom stereocenters. The van der Waals surface area contributed by atoms with Crippen molar-refractivity contribution in [1.29, 1.82) is 0 Å². The van der Waals surface area contributed by atoms with Crippen molar-refractivity contribution in [3.05, 3.63) is 124 Å². The Bertz CT molecular complexity index is 1810. The van der Waals surface area contributed by atoms with Crippen molar-refractivity contribution in [3.63, 3.8) is 0 Å². The molecule has 0 unspecified atom stereocenters. The van der Waals surface area contributed by atoms with Crippen molar-refractivity contribution in [3.8, 4) is 11.5 Å². The number of hydrogen-bond donors (Lipinski definition) is 1. The molecule has 7 nitrogen and oxygen atoms in total. The molecule has 0 saturated carbocycles. The molecule has 202 valence electrons. The van der Waals surface area contributed by atoms with E-state index in [1.807, 2.05) is 30.3 Å². The highest BCUT2D eigenvalue weighted by atomic mass is 35.5. The molecule has 1 amide bonds. The Morgan fingerprint density at radius 1 is 0.925 bits per heavy atom. The van der Waals surface area contributed by atoms with Crippen LogP contribution < -0.4 is 9.46 Å². The predicted molar refractivity (Wildman–Crippen MR) is 158 cm³/mol. The minimum absolute atomic E-state index is 0.0115. The van der Waals surface area contributed by atoms with Gasteiger partial charge in [-0.2, -0.15) is 0 Å². The number of nitrogens with one attached hydrogen (secondary N) is 1. The molecule has 1 N–H and O–H groups in total. The lowest BCUT2D eigenvalue weighted by molar-refractivity contribution is 0.0786. The molecule has 5 aromatic rings. The highest BCUT2D eigenvalue weighted by molar-refractivity contribution is 7.92. The summed E-state index contributed by atoms with van der Waals surface area (Å²) in [6.45, 7) is 0.263. The van der Waals surface area contributed by atoms with Crippen molar-refractivity contribution in [1.82, 2.24) is 9.88 Å². The van der Waals surface area contributed by atoms with E-state index >= 15 is 0 Å². The zero-order valence-electron chi connectivity index (χ0n) is 21.2. The summed E-state index contributed by atoms with van der Waals surface area (Å²) in [6, 6.07) is 26.8. The number of fused-ring (bicyclic) bond motifs is 1. The second-order valence-electron chi connectivity index (χ2n) is 8.95. The second kappa shape index (κ2) is 11.6. The van der Waals surface area contributed by atoms with E-state index in [0.29, 0.717) is 21.5 Å². The van der Waals surface area contributed by atoms with Crippen LogP contribution in [0.2, 0.25) is 10.0 Å². The molecule has 0 aliphatic rings. The van der Waals surface area contributed by atoms with Gasteiger partial charge in [-0.05, 0) is 66.2 Å². The number of benzene rings is 4. The third-order valence-electron chi connectivity index (χ3n) is 6.13. The molecule has 0 radical (unpaired) electrons. The van der Waals surface area contributed by atoms with E-state index in [4.69, 9.17) is 27.9 Å². The topological polar surface area (TPSA) is 88.6 Å². The molecule has 0 saturated heterocycles. The molecule has 0 aliphatic carbocycles. The van der Waals surface area contributed by atoms with Gasteiger partial charge in [0.2, 0.25) is 0 Å². The van der Waals surface area contributed by atoms with E-state index < -0.39 is 15.9 Å². The number of para-hydroxylation sites is 2. The number of ether oxygens (including phenoxy) is 1. The fraction of sp³-hybridized carbons (Fsp3) is 0.0667. The first-order valence-electron chi connectivity index (χ1n) is 12.1. The molecule has 0 spiro atoms. The number of carbonyl (C=O) groups excluding carboxylic acids is 1. The summed E-state index contributed by atoms with van der Waals surface area (Å²) < 4.78 is 34.8. The van der Waals surface area contributed by atoms with Gasteiger partial charge in [0.05, 0.1) is 26.7 Å². The number of carbonyl (C=O) groups is 1. The lowest BCUT2D eigenvalue weighted by Crippen LogP contribution is -2.28. The van der Waals surface area contributed by atoms with E-state index in [1.54, 1.807) is 37.5 Å². The van der Waals surface area contributed by atoms with Gasteiger partial charge in [0.1, 0.15) is 11.5 Å². The molecule has 1 heterocycles. The van der Waals surface area contributed by atoms with Crippen molar-refractivity contribution in [2.75, 3.05) is 11.8 Å². The molecule has 10 heteroatoms. The first-order chi connectivity index (χ1) is 19.2. The maximum atomic E-state index is 13.5. The van der Waals surface area contributed by atoms with E-state index in [-0.39, 0.29) is 22.7 Å². The van der Waals surface area contributed by atoms with E-state index in [2.05, 4.69) is 9.71 Å². The van der Waals surface area contributed by atoms with Crippen LogP contribution in [0, 0.1) is 0 Å². The van der Waals surface area contributed by atoms with Crippen LogP contribution >= 0.6 is 23.2 Å². The van der Waals surface area contributed by atoms with Gasteiger partial charge in [0.15, 0.2) is 0 Å². The van der Waals surface area contributed by atoms with Crippen LogP contribution in [0.3, 0.4) is 0 Å². The molecule has 5 rings (SSSR count). The number of pyridine rings is 1. The van der Waals surface area contributed by atoms with Gasteiger partial charge < -0.3 is 9.64 Å². The number of sulfonamides is 1. The Labute approximate surface area is 242 Å².